The van der Waals surface area contributed by atoms with Crippen LogP contribution in [-0.4, -0.2) is 9.97 Å². The molecule has 0 amide bonds. The van der Waals surface area contributed by atoms with Gasteiger partial charge in [0.05, 0.1) is 5.88 Å². The van der Waals surface area contributed by atoms with Crippen LogP contribution in [0.2, 0.25) is 0 Å². The highest BCUT2D eigenvalue weighted by atomic mass is 35.5. The Morgan fingerprint density at radius 3 is 3.17 bits per heavy atom. The van der Waals surface area contributed by atoms with E-state index in [1.165, 1.54) is 0 Å². The molecule has 0 unspecified atom stereocenters. The van der Waals surface area contributed by atoms with Crippen LogP contribution in [0.15, 0.2) is 12.3 Å². The van der Waals surface area contributed by atoms with Crippen LogP contribution in [0.3, 0.4) is 0 Å². The van der Waals surface area contributed by atoms with Gasteiger partial charge in [-0.1, -0.05) is 11.3 Å². The summed E-state index contributed by atoms with van der Waals surface area (Å²) >= 11 is 7.21. The topological polar surface area (TPSA) is 25.8 Å². The third-order valence-electron chi connectivity index (χ3n) is 1.54. The average Bonchev–Trinajstić information content (AvgIpc) is 2.46. The molecule has 0 fully saturated rings. The summed E-state index contributed by atoms with van der Waals surface area (Å²) in [5.74, 6) is 0.472. The number of hydrogen-bond acceptors (Lipinski definition) is 3. The second-order valence-electron chi connectivity index (χ2n) is 2.58. The van der Waals surface area contributed by atoms with E-state index in [2.05, 4.69) is 9.97 Å². The lowest BCUT2D eigenvalue weighted by Crippen LogP contribution is -1.76. The van der Waals surface area contributed by atoms with Crippen LogP contribution in [0, 0.1) is 6.92 Å². The Labute approximate surface area is 79.2 Å². The average molecular weight is 199 g/mol. The van der Waals surface area contributed by atoms with E-state index in [0.717, 1.165) is 20.9 Å². The first kappa shape index (κ1) is 7.95. The van der Waals surface area contributed by atoms with Gasteiger partial charge >= 0.3 is 0 Å². The molecular weight excluding hydrogens is 192 g/mol. The molecule has 62 valence electrons. The molecule has 0 bridgehead atoms. The summed E-state index contributed by atoms with van der Waals surface area (Å²) in [6.45, 7) is 2.01. The second kappa shape index (κ2) is 2.99. The maximum atomic E-state index is 5.66. The Kier molecular flexibility index (Phi) is 1.98. The van der Waals surface area contributed by atoms with Crippen LogP contribution in [0.1, 0.15) is 10.6 Å². The van der Waals surface area contributed by atoms with E-state index in [1.807, 2.05) is 19.2 Å². The van der Waals surface area contributed by atoms with Crippen molar-refractivity contribution < 1.29 is 0 Å². The summed E-state index contributed by atoms with van der Waals surface area (Å²) in [5.41, 5.74) is 2.09. The minimum atomic E-state index is 0.472. The monoisotopic (exact) mass is 198 g/mol. The summed E-state index contributed by atoms with van der Waals surface area (Å²) < 4.78 is 0. The van der Waals surface area contributed by atoms with Crippen molar-refractivity contribution in [1.29, 1.82) is 0 Å². The van der Waals surface area contributed by atoms with Crippen LogP contribution in [0.5, 0.6) is 0 Å². The van der Waals surface area contributed by atoms with Crippen molar-refractivity contribution in [3.63, 3.8) is 0 Å². The van der Waals surface area contributed by atoms with Crippen LogP contribution >= 0.6 is 22.9 Å². The Morgan fingerprint density at radius 1 is 1.58 bits per heavy atom. The number of halogens is 1. The molecule has 0 saturated heterocycles. The molecule has 2 rings (SSSR count). The molecule has 12 heavy (non-hydrogen) atoms. The van der Waals surface area contributed by atoms with Crippen molar-refractivity contribution in [1.82, 2.24) is 9.97 Å². The van der Waals surface area contributed by atoms with Crippen LogP contribution in [0.4, 0.5) is 0 Å². The fraction of sp³-hybridized carbons (Fsp3) is 0.250. The number of nitrogens with zero attached hydrogens (tertiary/aromatic N) is 2. The van der Waals surface area contributed by atoms with E-state index < -0.39 is 0 Å². The van der Waals surface area contributed by atoms with Crippen LogP contribution in [-0.2, 0) is 5.88 Å². The molecular formula is C8H7ClN2S. The number of aryl methyl sites for hydroxylation is 1. The fourth-order valence-corrected chi connectivity index (χ4v) is 1.99. The van der Waals surface area contributed by atoms with E-state index in [-0.39, 0.29) is 0 Å². The number of thiazole rings is 1. The van der Waals surface area contributed by atoms with Crippen molar-refractivity contribution in [2.75, 3.05) is 0 Å². The predicted octanol–water partition coefficient (Wildman–Crippen LogP) is 2.74. The van der Waals surface area contributed by atoms with E-state index in [1.54, 1.807) is 11.3 Å². The number of hydrogen-bond donors (Lipinski definition) is 0. The smallest absolute Gasteiger partial charge is 0.143 e. The summed E-state index contributed by atoms with van der Waals surface area (Å²) in [5, 5.41) is 0.935. The third kappa shape index (κ3) is 1.30. The molecule has 0 aliphatic rings. The van der Waals surface area contributed by atoms with E-state index in [0.29, 0.717) is 5.88 Å². The normalized spacial score (nSPS) is 10.8. The molecule has 0 N–H and O–H groups in total. The lowest BCUT2D eigenvalue weighted by atomic mass is 10.3. The fourth-order valence-electron chi connectivity index (χ4n) is 1.03. The quantitative estimate of drug-likeness (QED) is 0.659. The molecule has 2 aromatic rings. The molecule has 0 aliphatic carbocycles. The number of fused-ring (bicyclic) bond motifs is 1. The van der Waals surface area contributed by atoms with Crippen molar-refractivity contribution in [2.24, 2.45) is 0 Å². The van der Waals surface area contributed by atoms with E-state index >= 15 is 0 Å². The Morgan fingerprint density at radius 2 is 2.42 bits per heavy atom. The number of aromatic nitrogens is 2. The Hall–Kier alpha value is -0.670. The van der Waals surface area contributed by atoms with E-state index in [4.69, 9.17) is 11.6 Å². The van der Waals surface area contributed by atoms with Gasteiger partial charge in [-0.15, -0.1) is 11.6 Å². The lowest BCUT2D eigenvalue weighted by Gasteiger charge is -1.87. The SMILES string of the molecule is Cc1cnc2sc(CCl)nc2c1. The molecule has 0 radical (unpaired) electrons. The van der Waals surface area contributed by atoms with Gasteiger partial charge in [0.15, 0.2) is 0 Å². The highest BCUT2D eigenvalue weighted by molar-refractivity contribution is 7.18. The zero-order valence-corrected chi connectivity index (χ0v) is 8.11. The maximum Gasteiger partial charge on any atom is 0.143 e. The van der Waals surface area contributed by atoms with Crippen molar-refractivity contribution in [3.05, 3.63) is 22.8 Å². The number of pyridine rings is 1. The molecule has 0 atom stereocenters. The third-order valence-corrected chi connectivity index (χ3v) is 2.93. The van der Waals surface area contributed by atoms with Crippen molar-refractivity contribution >= 4 is 33.3 Å². The van der Waals surface area contributed by atoms with Crippen LogP contribution in [0.25, 0.3) is 10.3 Å². The number of rotatable bonds is 1. The summed E-state index contributed by atoms with van der Waals surface area (Å²) in [7, 11) is 0. The van der Waals surface area contributed by atoms with Gasteiger partial charge in [-0.3, -0.25) is 0 Å². The predicted molar refractivity (Wildman–Crippen MR) is 51.7 cm³/mol. The molecule has 0 aliphatic heterocycles. The van der Waals surface area contributed by atoms with Crippen molar-refractivity contribution in [3.8, 4) is 0 Å². The molecule has 2 heterocycles. The minimum absolute atomic E-state index is 0.472. The number of alkyl halides is 1. The Balaban J connectivity index is 2.67. The van der Waals surface area contributed by atoms with Gasteiger partial charge in [-0.05, 0) is 18.6 Å². The highest BCUT2D eigenvalue weighted by Gasteiger charge is 2.02. The van der Waals surface area contributed by atoms with Crippen LogP contribution < -0.4 is 0 Å². The van der Waals surface area contributed by atoms with Gasteiger partial charge in [0, 0.05) is 6.20 Å². The van der Waals surface area contributed by atoms with Gasteiger partial charge in [0.2, 0.25) is 0 Å². The molecule has 2 aromatic heterocycles. The molecule has 0 saturated carbocycles. The van der Waals surface area contributed by atoms with E-state index in [9.17, 15) is 0 Å². The zero-order chi connectivity index (χ0) is 8.55. The first-order valence-corrected chi connectivity index (χ1v) is 4.93. The van der Waals surface area contributed by atoms with Gasteiger partial charge in [0.1, 0.15) is 15.4 Å². The molecule has 2 nitrogen and oxygen atoms in total. The summed E-state index contributed by atoms with van der Waals surface area (Å²) in [6.07, 6.45) is 1.85. The summed E-state index contributed by atoms with van der Waals surface area (Å²) in [4.78, 5) is 9.53. The molecule has 4 heteroatoms. The minimum Gasteiger partial charge on any atom is -0.243 e. The second-order valence-corrected chi connectivity index (χ2v) is 3.91. The largest absolute Gasteiger partial charge is 0.243 e. The molecule has 0 spiro atoms. The standard InChI is InChI=1S/C8H7ClN2S/c1-5-2-6-8(10-4-5)12-7(3-9)11-6/h2,4H,3H2,1H3. The summed E-state index contributed by atoms with van der Waals surface area (Å²) in [6, 6.07) is 2.02. The van der Waals surface area contributed by atoms with Gasteiger partial charge in [0.25, 0.3) is 0 Å². The van der Waals surface area contributed by atoms with Gasteiger partial charge in [-0.2, -0.15) is 0 Å². The lowest BCUT2D eigenvalue weighted by molar-refractivity contribution is 1.28. The first-order valence-electron chi connectivity index (χ1n) is 3.57. The van der Waals surface area contributed by atoms with Crippen molar-refractivity contribution in [2.45, 2.75) is 12.8 Å². The van der Waals surface area contributed by atoms with Gasteiger partial charge in [-0.25, -0.2) is 9.97 Å². The first-order chi connectivity index (χ1) is 5.79. The maximum absolute atomic E-state index is 5.66. The highest BCUT2D eigenvalue weighted by Crippen LogP contribution is 2.21. The Bertz CT molecular complexity index is 410. The zero-order valence-electron chi connectivity index (χ0n) is 6.54. The van der Waals surface area contributed by atoms with Gasteiger partial charge < -0.3 is 0 Å². The molecule has 0 aromatic carbocycles.